The van der Waals surface area contributed by atoms with Gasteiger partial charge < -0.3 is 9.64 Å². The molecule has 0 saturated heterocycles. The van der Waals surface area contributed by atoms with Crippen LogP contribution in [0.1, 0.15) is 32.6 Å². The fraction of sp³-hybridized carbons (Fsp3) is 0.500. The van der Waals surface area contributed by atoms with Gasteiger partial charge in [0.15, 0.2) is 6.61 Å². The maximum absolute atomic E-state index is 12.4. The molecule has 3 rings (SSSR count). The van der Waals surface area contributed by atoms with Crippen LogP contribution in [0.5, 0.6) is 5.88 Å². The Morgan fingerprint density at radius 3 is 2.74 bits per heavy atom. The van der Waals surface area contributed by atoms with Crippen molar-refractivity contribution in [2.24, 2.45) is 5.92 Å². The second-order valence-corrected chi connectivity index (χ2v) is 6.40. The molecule has 1 aromatic heterocycles. The van der Waals surface area contributed by atoms with Crippen molar-refractivity contribution in [3.63, 3.8) is 0 Å². The van der Waals surface area contributed by atoms with Gasteiger partial charge in [-0.25, -0.2) is 9.97 Å². The van der Waals surface area contributed by atoms with E-state index < -0.39 is 0 Å². The smallest absolute Gasteiger partial charge is 0.260 e. The summed E-state index contributed by atoms with van der Waals surface area (Å²) in [7, 11) is 1.88. The van der Waals surface area contributed by atoms with E-state index >= 15 is 0 Å². The van der Waals surface area contributed by atoms with Gasteiger partial charge in [0.2, 0.25) is 5.88 Å². The Hall–Kier alpha value is -2.17. The highest BCUT2D eigenvalue weighted by molar-refractivity contribution is 5.84. The molecule has 0 N–H and O–H groups in total. The Labute approximate surface area is 136 Å². The summed E-state index contributed by atoms with van der Waals surface area (Å²) in [5, 5.41) is 0.831. The fourth-order valence-electron chi connectivity index (χ4n) is 3.16. The zero-order valence-corrected chi connectivity index (χ0v) is 13.7. The third kappa shape index (κ3) is 3.60. The lowest BCUT2D eigenvalue weighted by atomic mass is 9.87. The lowest BCUT2D eigenvalue weighted by Crippen LogP contribution is -2.41. The maximum Gasteiger partial charge on any atom is 0.260 e. The molecule has 0 atom stereocenters. The molecule has 1 amide bonds. The summed E-state index contributed by atoms with van der Waals surface area (Å²) in [6.45, 7) is 2.30. The normalized spacial score (nSPS) is 21.1. The standard InChI is InChI=1S/C18H23N3O2/c1-13-7-9-14(10-8-13)21(2)17(22)11-23-18-15-5-3-4-6-16(15)19-12-20-18/h3-6,12-14H,7-11H2,1-2H3. The molecule has 0 spiro atoms. The SMILES string of the molecule is CC1CCC(N(C)C(=O)COc2ncnc3ccccc23)CC1. The van der Waals surface area contributed by atoms with Crippen molar-refractivity contribution in [1.29, 1.82) is 0 Å². The van der Waals surface area contributed by atoms with Crippen LogP contribution in [0.15, 0.2) is 30.6 Å². The number of ether oxygens (including phenoxy) is 1. The van der Waals surface area contributed by atoms with E-state index in [0.29, 0.717) is 11.9 Å². The van der Waals surface area contributed by atoms with Crippen LogP contribution in [0.4, 0.5) is 0 Å². The van der Waals surface area contributed by atoms with Gasteiger partial charge in [0.05, 0.1) is 10.9 Å². The molecular formula is C18H23N3O2. The minimum atomic E-state index is 0.00671. The third-order valence-corrected chi connectivity index (χ3v) is 4.77. The molecule has 1 aliphatic carbocycles. The highest BCUT2D eigenvalue weighted by Crippen LogP contribution is 2.26. The number of para-hydroxylation sites is 1. The Bertz CT molecular complexity index is 676. The summed E-state index contributed by atoms with van der Waals surface area (Å²) >= 11 is 0. The van der Waals surface area contributed by atoms with E-state index in [0.717, 1.165) is 29.7 Å². The summed E-state index contributed by atoms with van der Waals surface area (Å²) < 4.78 is 5.67. The number of rotatable bonds is 4. The first-order chi connectivity index (χ1) is 11.1. The fourth-order valence-corrected chi connectivity index (χ4v) is 3.16. The zero-order valence-electron chi connectivity index (χ0n) is 13.7. The van der Waals surface area contributed by atoms with Crippen LogP contribution >= 0.6 is 0 Å². The number of fused-ring (bicyclic) bond motifs is 1. The van der Waals surface area contributed by atoms with Crippen LogP contribution in [-0.4, -0.2) is 40.5 Å². The van der Waals surface area contributed by atoms with Crippen molar-refractivity contribution in [1.82, 2.24) is 14.9 Å². The quantitative estimate of drug-likeness (QED) is 0.870. The average molecular weight is 313 g/mol. The van der Waals surface area contributed by atoms with Gasteiger partial charge in [0, 0.05) is 13.1 Å². The molecule has 122 valence electrons. The molecule has 1 heterocycles. The number of amides is 1. The molecular weight excluding hydrogens is 290 g/mol. The number of likely N-dealkylation sites (N-methyl/N-ethyl adjacent to an activating group) is 1. The predicted octanol–water partition coefficient (Wildman–Crippen LogP) is 3.05. The number of benzene rings is 1. The first-order valence-electron chi connectivity index (χ1n) is 8.23. The maximum atomic E-state index is 12.4. The second-order valence-electron chi connectivity index (χ2n) is 6.40. The second kappa shape index (κ2) is 6.94. The molecule has 5 heteroatoms. The van der Waals surface area contributed by atoms with Gasteiger partial charge in [-0.2, -0.15) is 0 Å². The minimum Gasteiger partial charge on any atom is -0.467 e. The van der Waals surface area contributed by atoms with Crippen molar-refractivity contribution in [2.75, 3.05) is 13.7 Å². The molecule has 1 saturated carbocycles. The predicted molar refractivity (Wildman–Crippen MR) is 89.2 cm³/mol. The van der Waals surface area contributed by atoms with Crippen LogP contribution in [0.25, 0.3) is 10.9 Å². The third-order valence-electron chi connectivity index (χ3n) is 4.77. The van der Waals surface area contributed by atoms with E-state index in [2.05, 4.69) is 16.9 Å². The molecule has 1 aromatic carbocycles. The lowest BCUT2D eigenvalue weighted by molar-refractivity contribution is -0.134. The first-order valence-corrected chi connectivity index (χ1v) is 8.23. The van der Waals surface area contributed by atoms with Crippen LogP contribution in [-0.2, 0) is 4.79 Å². The number of hydrogen-bond acceptors (Lipinski definition) is 4. The Balaban J connectivity index is 1.62. The minimum absolute atomic E-state index is 0.00671. The van der Waals surface area contributed by atoms with E-state index in [1.54, 1.807) is 0 Å². The Morgan fingerprint density at radius 1 is 1.22 bits per heavy atom. The first kappa shape index (κ1) is 15.7. The van der Waals surface area contributed by atoms with E-state index in [4.69, 9.17) is 4.74 Å². The van der Waals surface area contributed by atoms with Gasteiger partial charge in [-0.05, 0) is 43.7 Å². The molecule has 0 unspecified atom stereocenters. The van der Waals surface area contributed by atoms with Crippen molar-refractivity contribution in [2.45, 2.75) is 38.6 Å². The number of aromatic nitrogens is 2. The van der Waals surface area contributed by atoms with Crippen LogP contribution in [0.2, 0.25) is 0 Å². The summed E-state index contributed by atoms with van der Waals surface area (Å²) in [6, 6.07) is 7.98. The largest absolute Gasteiger partial charge is 0.467 e. The van der Waals surface area contributed by atoms with Gasteiger partial charge in [-0.3, -0.25) is 4.79 Å². The summed E-state index contributed by atoms with van der Waals surface area (Å²) in [5.74, 6) is 1.25. The van der Waals surface area contributed by atoms with Crippen LogP contribution in [0.3, 0.4) is 0 Å². The van der Waals surface area contributed by atoms with Gasteiger partial charge in [0.25, 0.3) is 5.91 Å². The number of carbonyl (C=O) groups is 1. The average Bonchev–Trinajstić information content (AvgIpc) is 2.59. The summed E-state index contributed by atoms with van der Waals surface area (Å²) in [5.41, 5.74) is 0.819. The van der Waals surface area contributed by atoms with Crippen molar-refractivity contribution in [3.05, 3.63) is 30.6 Å². The van der Waals surface area contributed by atoms with Gasteiger partial charge in [-0.1, -0.05) is 19.1 Å². The van der Waals surface area contributed by atoms with E-state index in [1.165, 1.54) is 19.2 Å². The molecule has 23 heavy (non-hydrogen) atoms. The van der Waals surface area contributed by atoms with Gasteiger partial charge >= 0.3 is 0 Å². The number of nitrogens with zero attached hydrogens (tertiary/aromatic N) is 3. The highest BCUT2D eigenvalue weighted by atomic mass is 16.5. The molecule has 0 bridgehead atoms. The monoisotopic (exact) mass is 313 g/mol. The summed E-state index contributed by atoms with van der Waals surface area (Å²) in [6.07, 6.45) is 6.02. The Kier molecular flexibility index (Phi) is 4.74. The van der Waals surface area contributed by atoms with Crippen molar-refractivity contribution < 1.29 is 9.53 Å². The molecule has 1 fully saturated rings. The molecule has 0 radical (unpaired) electrons. The van der Waals surface area contributed by atoms with Gasteiger partial charge in [-0.15, -0.1) is 0 Å². The van der Waals surface area contributed by atoms with Crippen molar-refractivity contribution in [3.8, 4) is 5.88 Å². The molecule has 2 aromatic rings. The Morgan fingerprint density at radius 2 is 1.96 bits per heavy atom. The number of carbonyl (C=O) groups excluding carboxylic acids is 1. The van der Waals surface area contributed by atoms with Crippen LogP contribution in [0, 0.1) is 5.92 Å². The van der Waals surface area contributed by atoms with E-state index in [-0.39, 0.29) is 12.5 Å². The van der Waals surface area contributed by atoms with Crippen molar-refractivity contribution >= 4 is 16.8 Å². The molecule has 1 aliphatic rings. The number of hydrogen-bond donors (Lipinski definition) is 0. The van der Waals surface area contributed by atoms with Crippen LogP contribution < -0.4 is 4.74 Å². The summed E-state index contributed by atoms with van der Waals surface area (Å²) in [4.78, 5) is 22.6. The topological polar surface area (TPSA) is 55.3 Å². The zero-order chi connectivity index (χ0) is 16.2. The van der Waals surface area contributed by atoms with Gasteiger partial charge in [0.1, 0.15) is 6.33 Å². The highest BCUT2D eigenvalue weighted by Gasteiger charge is 2.25. The van der Waals surface area contributed by atoms with E-state index in [1.807, 2.05) is 36.2 Å². The molecule has 5 nitrogen and oxygen atoms in total. The van der Waals surface area contributed by atoms with E-state index in [9.17, 15) is 4.79 Å². The lowest BCUT2D eigenvalue weighted by Gasteiger charge is -2.33. The molecule has 0 aliphatic heterocycles.